The van der Waals surface area contributed by atoms with Gasteiger partial charge in [0.2, 0.25) is 0 Å². The van der Waals surface area contributed by atoms with Crippen LogP contribution in [0.3, 0.4) is 0 Å². The molecule has 4 N–H and O–H groups in total. The van der Waals surface area contributed by atoms with Gasteiger partial charge in [-0.05, 0) is 0 Å². The molecule has 6 heteroatoms. The van der Waals surface area contributed by atoms with E-state index in [-0.39, 0.29) is 5.75 Å². The summed E-state index contributed by atoms with van der Waals surface area (Å²) in [6.45, 7) is 0. The molecule has 0 rings (SSSR count). The second-order valence-corrected chi connectivity index (χ2v) is 2.59. The van der Waals surface area contributed by atoms with Crippen molar-refractivity contribution in [2.24, 2.45) is 5.73 Å². The van der Waals surface area contributed by atoms with Gasteiger partial charge in [0.05, 0.1) is 5.75 Å². The van der Waals surface area contributed by atoms with E-state index in [1.165, 1.54) is 0 Å². The zero-order chi connectivity index (χ0) is 8.15. The van der Waals surface area contributed by atoms with E-state index in [0.29, 0.717) is 11.8 Å². The van der Waals surface area contributed by atoms with E-state index in [1.54, 1.807) is 0 Å². The van der Waals surface area contributed by atoms with Crippen LogP contribution in [0.2, 0.25) is 0 Å². The van der Waals surface area contributed by atoms with Gasteiger partial charge < -0.3 is 15.9 Å². The van der Waals surface area contributed by atoms with Gasteiger partial charge in [-0.2, -0.15) is 0 Å². The van der Waals surface area contributed by atoms with Crippen LogP contribution in [-0.2, 0) is 9.59 Å². The first-order chi connectivity index (χ1) is 4.54. The number of carboxylic acid groups (broad SMARTS) is 2. The molecule has 0 bridgehead atoms. The molecule has 0 radical (unpaired) electrons. The van der Waals surface area contributed by atoms with Crippen molar-refractivity contribution in [1.82, 2.24) is 0 Å². The number of carboxylic acids is 2. The fourth-order valence-corrected chi connectivity index (χ4v) is 0.697. The molecular formula is C4H7NO4S. The van der Waals surface area contributed by atoms with E-state index < -0.39 is 17.3 Å². The van der Waals surface area contributed by atoms with Crippen molar-refractivity contribution in [2.45, 2.75) is 5.37 Å². The summed E-state index contributed by atoms with van der Waals surface area (Å²) in [5.41, 5.74) is 4.96. The van der Waals surface area contributed by atoms with Gasteiger partial charge >= 0.3 is 11.9 Å². The van der Waals surface area contributed by atoms with Gasteiger partial charge in [0, 0.05) is 0 Å². The van der Waals surface area contributed by atoms with Crippen LogP contribution in [0.1, 0.15) is 0 Å². The largest absolute Gasteiger partial charge is 0.481 e. The van der Waals surface area contributed by atoms with Crippen molar-refractivity contribution >= 4 is 23.7 Å². The smallest absolute Gasteiger partial charge is 0.330 e. The molecule has 0 amide bonds. The van der Waals surface area contributed by atoms with Crippen LogP contribution < -0.4 is 5.73 Å². The summed E-state index contributed by atoms with van der Waals surface area (Å²) in [5, 5.41) is 15.1. The highest BCUT2D eigenvalue weighted by molar-refractivity contribution is 8.01. The minimum absolute atomic E-state index is 0.284. The normalized spacial score (nSPS) is 12.5. The van der Waals surface area contributed by atoms with Crippen LogP contribution in [0.4, 0.5) is 0 Å². The Labute approximate surface area is 61.2 Å². The van der Waals surface area contributed by atoms with Gasteiger partial charge in [-0.1, -0.05) is 0 Å². The van der Waals surface area contributed by atoms with Crippen LogP contribution >= 0.6 is 11.8 Å². The number of hydrogen-bond acceptors (Lipinski definition) is 4. The second kappa shape index (κ2) is 4.13. The highest BCUT2D eigenvalue weighted by Gasteiger charge is 2.12. The number of nitrogens with two attached hydrogens (primary N) is 1. The zero-order valence-corrected chi connectivity index (χ0v) is 5.80. The number of hydrogen-bond donors (Lipinski definition) is 3. The van der Waals surface area contributed by atoms with Gasteiger partial charge in [-0.3, -0.25) is 4.79 Å². The first-order valence-corrected chi connectivity index (χ1v) is 3.40. The Morgan fingerprint density at radius 2 is 2.00 bits per heavy atom. The zero-order valence-electron chi connectivity index (χ0n) is 4.98. The lowest BCUT2D eigenvalue weighted by Crippen LogP contribution is -2.27. The fraction of sp³-hybridized carbons (Fsp3) is 0.500. The highest BCUT2D eigenvalue weighted by Crippen LogP contribution is 2.03. The number of rotatable bonds is 4. The molecule has 0 aromatic rings. The molecule has 0 saturated carbocycles. The molecule has 0 unspecified atom stereocenters. The van der Waals surface area contributed by atoms with Crippen molar-refractivity contribution in [3.05, 3.63) is 0 Å². The molecule has 0 aliphatic carbocycles. The fourth-order valence-electron chi connectivity index (χ4n) is 0.232. The number of thioether (sulfide) groups is 1. The Balaban J connectivity index is 3.49. The van der Waals surface area contributed by atoms with E-state index in [2.05, 4.69) is 0 Å². The number of aliphatic carboxylic acids is 2. The van der Waals surface area contributed by atoms with Crippen LogP contribution in [0.15, 0.2) is 0 Å². The van der Waals surface area contributed by atoms with Gasteiger partial charge in [-0.25, -0.2) is 4.79 Å². The molecule has 0 spiro atoms. The molecule has 0 aliphatic heterocycles. The SMILES string of the molecule is N[C@H](SCC(=O)O)C(=O)O. The third kappa shape index (κ3) is 4.16. The van der Waals surface area contributed by atoms with E-state index in [4.69, 9.17) is 15.9 Å². The Bertz CT molecular complexity index is 148. The van der Waals surface area contributed by atoms with Gasteiger partial charge in [0.15, 0.2) is 5.37 Å². The average molecular weight is 165 g/mol. The van der Waals surface area contributed by atoms with E-state index in [0.717, 1.165) is 0 Å². The Morgan fingerprint density at radius 3 is 2.30 bits per heavy atom. The highest BCUT2D eigenvalue weighted by atomic mass is 32.2. The van der Waals surface area contributed by atoms with Crippen LogP contribution in [0.5, 0.6) is 0 Å². The maximum atomic E-state index is 9.97. The lowest BCUT2D eigenvalue weighted by atomic mass is 10.7. The molecular weight excluding hydrogens is 158 g/mol. The summed E-state index contributed by atoms with van der Waals surface area (Å²) in [6.07, 6.45) is 0. The minimum atomic E-state index is -1.20. The summed E-state index contributed by atoms with van der Waals surface area (Å²) in [7, 11) is 0. The average Bonchev–Trinajstić information content (AvgIpc) is 1.82. The summed E-state index contributed by atoms with van der Waals surface area (Å²) in [6, 6.07) is 0. The third-order valence-electron chi connectivity index (χ3n) is 0.630. The Kier molecular flexibility index (Phi) is 3.82. The molecule has 0 fully saturated rings. The first-order valence-electron chi connectivity index (χ1n) is 2.36. The predicted molar refractivity (Wildman–Crippen MR) is 35.7 cm³/mol. The Hall–Kier alpha value is -0.750. The van der Waals surface area contributed by atoms with Crippen LogP contribution in [0.25, 0.3) is 0 Å². The standard InChI is InChI=1S/C4H7NO4S/c5-3(4(8)9)10-1-2(6)7/h3H,1,5H2,(H,6,7)(H,8,9)/t3-/m1/s1. The van der Waals surface area contributed by atoms with Crippen molar-refractivity contribution in [3.8, 4) is 0 Å². The molecule has 5 nitrogen and oxygen atoms in total. The Morgan fingerprint density at radius 1 is 1.50 bits per heavy atom. The van der Waals surface area contributed by atoms with E-state index in [9.17, 15) is 9.59 Å². The van der Waals surface area contributed by atoms with Crippen molar-refractivity contribution in [1.29, 1.82) is 0 Å². The molecule has 0 heterocycles. The molecule has 0 saturated heterocycles. The third-order valence-corrected chi connectivity index (χ3v) is 1.60. The molecule has 1 atom stereocenters. The lowest BCUT2D eigenvalue weighted by Gasteiger charge is -2.01. The molecule has 0 aromatic carbocycles. The molecule has 0 aromatic heterocycles. The summed E-state index contributed by atoms with van der Waals surface area (Å²) in [5.74, 6) is -2.55. The van der Waals surface area contributed by atoms with E-state index >= 15 is 0 Å². The minimum Gasteiger partial charge on any atom is -0.481 e. The lowest BCUT2D eigenvalue weighted by molar-refractivity contribution is -0.136. The monoisotopic (exact) mass is 165 g/mol. The van der Waals surface area contributed by atoms with Gasteiger partial charge in [-0.15, -0.1) is 11.8 Å². The topological polar surface area (TPSA) is 101 Å². The van der Waals surface area contributed by atoms with Crippen LogP contribution in [0, 0.1) is 0 Å². The maximum absolute atomic E-state index is 9.97. The summed E-state index contributed by atoms with van der Waals surface area (Å²) in [4.78, 5) is 19.8. The van der Waals surface area contributed by atoms with Crippen LogP contribution in [-0.4, -0.2) is 33.3 Å². The maximum Gasteiger partial charge on any atom is 0.330 e. The molecule has 10 heavy (non-hydrogen) atoms. The van der Waals surface area contributed by atoms with Gasteiger partial charge in [0.25, 0.3) is 0 Å². The second-order valence-electron chi connectivity index (χ2n) is 1.46. The predicted octanol–water partition coefficient (Wildman–Crippen LogP) is -0.826. The van der Waals surface area contributed by atoms with E-state index in [1.807, 2.05) is 0 Å². The first kappa shape index (κ1) is 9.25. The van der Waals surface area contributed by atoms with Crippen molar-refractivity contribution in [3.63, 3.8) is 0 Å². The van der Waals surface area contributed by atoms with Crippen molar-refractivity contribution < 1.29 is 19.8 Å². The summed E-state index contributed by atoms with van der Waals surface area (Å²) >= 11 is 0.671. The summed E-state index contributed by atoms with van der Waals surface area (Å²) < 4.78 is 0. The quantitative estimate of drug-likeness (QED) is 0.470. The molecule has 0 aliphatic rings. The van der Waals surface area contributed by atoms with Crippen molar-refractivity contribution in [2.75, 3.05) is 5.75 Å². The molecule has 58 valence electrons. The number of carbonyl (C=O) groups is 2. The van der Waals surface area contributed by atoms with Gasteiger partial charge in [0.1, 0.15) is 0 Å².